The lowest BCUT2D eigenvalue weighted by atomic mass is 10.0. The third-order valence-electron chi connectivity index (χ3n) is 2.81. The van der Waals surface area contributed by atoms with E-state index in [2.05, 4.69) is 4.74 Å². The molecule has 2 aromatic rings. The van der Waals surface area contributed by atoms with E-state index in [9.17, 15) is 22.0 Å². The van der Waals surface area contributed by atoms with Gasteiger partial charge in [-0.2, -0.15) is 22.0 Å². The summed E-state index contributed by atoms with van der Waals surface area (Å²) in [4.78, 5) is 0. The Labute approximate surface area is 142 Å². The van der Waals surface area contributed by atoms with Gasteiger partial charge in [0.15, 0.2) is 0 Å². The Hall–Kier alpha value is -1.24. The first kappa shape index (κ1) is 18.1. The van der Waals surface area contributed by atoms with Crippen molar-refractivity contribution in [1.29, 1.82) is 0 Å². The topological polar surface area (TPSA) is 9.23 Å². The van der Waals surface area contributed by atoms with Crippen molar-refractivity contribution in [2.24, 2.45) is 0 Å². The second kappa shape index (κ2) is 6.71. The van der Waals surface area contributed by atoms with Gasteiger partial charge in [0.05, 0.1) is 20.6 Å². The number of ether oxygens (including phenoxy) is 1. The van der Waals surface area contributed by atoms with Crippen molar-refractivity contribution in [2.45, 2.75) is 12.8 Å². The van der Waals surface area contributed by atoms with Crippen LogP contribution in [0.1, 0.15) is 5.56 Å². The first-order chi connectivity index (χ1) is 10.6. The van der Waals surface area contributed by atoms with Crippen LogP contribution in [-0.2, 0) is 6.18 Å². The molecule has 124 valence electrons. The zero-order chi connectivity index (χ0) is 17.4. The maximum Gasteiger partial charge on any atom is 0.416 e. The number of halogens is 8. The third-order valence-corrected chi connectivity index (χ3v) is 4.10. The first-order valence-electron chi connectivity index (χ1n) is 5.90. The Morgan fingerprint density at radius 1 is 0.913 bits per heavy atom. The van der Waals surface area contributed by atoms with Crippen molar-refractivity contribution in [2.75, 3.05) is 0 Å². The highest BCUT2D eigenvalue weighted by Crippen LogP contribution is 2.41. The number of alkyl halides is 5. The van der Waals surface area contributed by atoms with Gasteiger partial charge in [-0.3, -0.25) is 0 Å². The Kier molecular flexibility index (Phi) is 5.28. The minimum absolute atomic E-state index is 0.0560. The summed E-state index contributed by atoms with van der Waals surface area (Å²) in [6.07, 6.45) is -4.75. The van der Waals surface area contributed by atoms with Crippen molar-refractivity contribution < 1.29 is 26.7 Å². The maximum atomic E-state index is 12.9. The molecule has 0 aliphatic heterocycles. The van der Waals surface area contributed by atoms with Crippen LogP contribution in [0.3, 0.4) is 0 Å². The molecule has 0 spiro atoms. The molecular formula is C14H6Cl3F5O. The molecule has 0 N–H and O–H groups in total. The number of hydrogen-bond donors (Lipinski definition) is 0. The van der Waals surface area contributed by atoms with E-state index in [0.717, 1.165) is 12.1 Å². The molecule has 9 heteroatoms. The highest BCUT2D eigenvalue weighted by Gasteiger charge is 2.32. The van der Waals surface area contributed by atoms with Crippen LogP contribution in [0.2, 0.25) is 15.1 Å². The summed E-state index contributed by atoms with van der Waals surface area (Å²) >= 11 is 17.6. The minimum Gasteiger partial charge on any atom is -0.435 e. The Morgan fingerprint density at radius 2 is 1.57 bits per heavy atom. The SMILES string of the molecule is FC(F)Oc1cc(-c2ccc(Cl)c(Cl)c2Cl)cc(C(F)(F)F)c1. The van der Waals surface area contributed by atoms with Crippen LogP contribution in [-0.4, -0.2) is 6.61 Å². The summed E-state index contributed by atoms with van der Waals surface area (Å²) in [7, 11) is 0. The number of benzene rings is 2. The van der Waals surface area contributed by atoms with Crippen LogP contribution in [0.5, 0.6) is 5.75 Å². The summed E-state index contributed by atoms with van der Waals surface area (Å²) in [6.45, 7) is -3.27. The third kappa shape index (κ3) is 4.19. The van der Waals surface area contributed by atoms with E-state index in [4.69, 9.17) is 34.8 Å². The van der Waals surface area contributed by atoms with Gasteiger partial charge in [0.1, 0.15) is 5.75 Å². The predicted octanol–water partition coefficient (Wildman–Crippen LogP) is 6.93. The lowest BCUT2D eigenvalue weighted by Gasteiger charge is -2.14. The fraction of sp³-hybridized carbons (Fsp3) is 0.143. The second-order valence-electron chi connectivity index (χ2n) is 4.35. The Balaban J connectivity index is 2.64. The van der Waals surface area contributed by atoms with Gasteiger partial charge >= 0.3 is 12.8 Å². The van der Waals surface area contributed by atoms with E-state index in [1.807, 2.05) is 0 Å². The molecule has 0 radical (unpaired) electrons. The molecule has 2 aromatic carbocycles. The molecule has 0 aliphatic rings. The Bertz CT molecular complexity index is 731. The first-order valence-corrected chi connectivity index (χ1v) is 7.04. The van der Waals surface area contributed by atoms with Gasteiger partial charge in [0.2, 0.25) is 0 Å². The van der Waals surface area contributed by atoms with Crippen LogP contribution in [0.15, 0.2) is 30.3 Å². The van der Waals surface area contributed by atoms with Crippen LogP contribution in [0.4, 0.5) is 22.0 Å². The van der Waals surface area contributed by atoms with Crippen molar-refractivity contribution in [3.8, 4) is 16.9 Å². The monoisotopic (exact) mass is 390 g/mol. The molecule has 0 saturated carbocycles. The van der Waals surface area contributed by atoms with E-state index >= 15 is 0 Å². The highest BCUT2D eigenvalue weighted by molar-refractivity contribution is 6.49. The summed E-state index contributed by atoms with van der Waals surface area (Å²) < 4.78 is 67.5. The molecule has 0 bridgehead atoms. The second-order valence-corrected chi connectivity index (χ2v) is 5.51. The molecule has 1 nitrogen and oxygen atoms in total. The standard InChI is InChI=1S/C14H6Cl3F5O/c15-10-2-1-9(11(16)12(10)17)6-3-7(14(20,21)22)5-8(4-6)23-13(18)19/h1-5,13H. The van der Waals surface area contributed by atoms with E-state index < -0.39 is 24.1 Å². The average Bonchev–Trinajstić information content (AvgIpc) is 2.43. The van der Waals surface area contributed by atoms with Gasteiger partial charge in [0.25, 0.3) is 0 Å². The van der Waals surface area contributed by atoms with E-state index in [1.54, 1.807) is 0 Å². The normalized spacial score (nSPS) is 11.9. The zero-order valence-electron chi connectivity index (χ0n) is 10.9. The molecule has 2 rings (SSSR count). The largest absolute Gasteiger partial charge is 0.435 e. The average molecular weight is 392 g/mol. The van der Waals surface area contributed by atoms with Crippen LogP contribution in [0, 0.1) is 0 Å². The van der Waals surface area contributed by atoms with E-state index in [-0.39, 0.29) is 26.2 Å². The quantitative estimate of drug-likeness (QED) is 0.407. The van der Waals surface area contributed by atoms with Crippen LogP contribution >= 0.6 is 34.8 Å². The smallest absolute Gasteiger partial charge is 0.416 e. The molecule has 0 fully saturated rings. The Morgan fingerprint density at radius 3 is 2.13 bits per heavy atom. The zero-order valence-corrected chi connectivity index (χ0v) is 13.2. The van der Waals surface area contributed by atoms with Crippen LogP contribution < -0.4 is 4.74 Å². The summed E-state index contributed by atoms with van der Waals surface area (Å²) in [5.74, 6) is -0.646. The summed E-state index contributed by atoms with van der Waals surface area (Å²) in [5, 5.41) is -0.0440. The minimum atomic E-state index is -4.75. The maximum absolute atomic E-state index is 12.9. The molecular weight excluding hydrogens is 386 g/mol. The summed E-state index contributed by atoms with van der Waals surface area (Å²) in [6, 6.07) is 4.90. The van der Waals surface area contributed by atoms with E-state index in [0.29, 0.717) is 6.07 Å². The van der Waals surface area contributed by atoms with Gasteiger partial charge < -0.3 is 4.74 Å². The highest BCUT2D eigenvalue weighted by atomic mass is 35.5. The molecule has 0 atom stereocenters. The predicted molar refractivity (Wildman–Crippen MR) is 78.5 cm³/mol. The molecule has 0 aromatic heterocycles. The van der Waals surface area contributed by atoms with Crippen LogP contribution in [0.25, 0.3) is 11.1 Å². The molecule has 0 saturated heterocycles. The molecule has 0 aliphatic carbocycles. The number of rotatable bonds is 3. The fourth-order valence-corrected chi connectivity index (χ4v) is 2.48. The molecule has 23 heavy (non-hydrogen) atoms. The summed E-state index contributed by atoms with van der Waals surface area (Å²) in [5.41, 5.74) is -1.14. The van der Waals surface area contributed by atoms with E-state index in [1.165, 1.54) is 12.1 Å². The van der Waals surface area contributed by atoms with Gasteiger partial charge in [-0.05, 0) is 29.8 Å². The van der Waals surface area contributed by atoms with Gasteiger partial charge in [-0.1, -0.05) is 40.9 Å². The molecule has 0 heterocycles. The van der Waals surface area contributed by atoms with Gasteiger partial charge in [0, 0.05) is 5.56 Å². The van der Waals surface area contributed by atoms with Crippen molar-refractivity contribution in [1.82, 2.24) is 0 Å². The van der Waals surface area contributed by atoms with Gasteiger partial charge in [-0.15, -0.1) is 0 Å². The fourth-order valence-electron chi connectivity index (χ4n) is 1.84. The van der Waals surface area contributed by atoms with Gasteiger partial charge in [-0.25, -0.2) is 0 Å². The number of hydrogen-bond acceptors (Lipinski definition) is 1. The molecule has 0 amide bonds. The van der Waals surface area contributed by atoms with Crippen molar-refractivity contribution in [3.63, 3.8) is 0 Å². The van der Waals surface area contributed by atoms with Crippen molar-refractivity contribution >= 4 is 34.8 Å². The van der Waals surface area contributed by atoms with Crippen molar-refractivity contribution in [3.05, 3.63) is 51.0 Å². The lowest BCUT2D eigenvalue weighted by molar-refractivity contribution is -0.138. The lowest BCUT2D eigenvalue weighted by Crippen LogP contribution is -2.08. The molecule has 0 unspecified atom stereocenters.